The number of para-hydroxylation sites is 2. The Labute approximate surface area is 295 Å². The quantitative estimate of drug-likeness (QED) is 0.223. The molecule has 1 heterocycles. The van der Waals surface area contributed by atoms with Crippen LogP contribution in [0.15, 0.2) is 83.3 Å². The fourth-order valence-corrected chi connectivity index (χ4v) is 6.23. The predicted molar refractivity (Wildman–Crippen MR) is 194 cm³/mol. The van der Waals surface area contributed by atoms with E-state index in [4.69, 9.17) is 9.47 Å². The van der Waals surface area contributed by atoms with Crippen molar-refractivity contribution in [2.75, 3.05) is 30.5 Å². The van der Waals surface area contributed by atoms with Gasteiger partial charge in [0.2, 0.25) is 5.91 Å². The van der Waals surface area contributed by atoms with Gasteiger partial charge in [0.1, 0.15) is 23.4 Å². The summed E-state index contributed by atoms with van der Waals surface area (Å²) in [5, 5.41) is 4.68. The fourth-order valence-electron chi connectivity index (χ4n) is 5.74. The van der Waals surface area contributed by atoms with Crippen molar-refractivity contribution in [1.29, 1.82) is 0 Å². The SMILES string of the molecule is COc1ccc2c(Br)cccc2c1CN1C(=O)[C@@H](NC(=O)[C@H](C)N(C)C(=O)OC(C)(C)C)CN(C(=O)c2ccc(C)cc2)c2ccccc21. The molecular weight excluding hydrogens is 688 g/mol. The molecule has 2 atom stereocenters. The van der Waals surface area contributed by atoms with Gasteiger partial charge in [0.25, 0.3) is 11.8 Å². The zero-order chi connectivity index (χ0) is 35.6. The molecule has 11 heteroatoms. The van der Waals surface area contributed by atoms with Crippen molar-refractivity contribution in [1.82, 2.24) is 10.2 Å². The molecule has 4 aromatic rings. The van der Waals surface area contributed by atoms with E-state index in [1.165, 1.54) is 16.8 Å². The van der Waals surface area contributed by atoms with Crippen LogP contribution in [0.25, 0.3) is 10.8 Å². The second-order valence-electron chi connectivity index (χ2n) is 13.1. The molecule has 5 rings (SSSR count). The molecule has 0 saturated carbocycles. The third kappa shape index (κ3) is 7.57. The number of likely N-dealkylation sites (N-methyl/N-ethyl adjacent to an activating group) is 1. The molecule has 0 unspecified atom stereocenters. The van der Waals surface area contributed by atoms with Gasteiger partial charge in [-0.1, -0.05) is 57.9 Å². The molecule has 0 bridgehead atoms. The van der Waals surface area contributed by atoms with Crippen LogP contribution >= 0.6 is 15.9 Å². The number of carbonyl (C=O) groups excluding carboxylic acids is 4. The molecular formula is C38H41BrN4O6. The summed E-state index contributed by atoms with van der Waals surface area (Å²) in [6, 6.07) is 21.9. The summed E-state index contributed by atoms with van der Waals surface area (Å²) in [5.41, 5.74) is 2.43. The lowest BCUT2D eigenvalue weighted by molar-refractivity contribution is -0.130. The molecule has 1 aliphatic heterocycles. The number of fused-ring (bicyclic) bond motifs is 2. The Balaban J connectivity index is 1.59. The molecule has 49 heavy (non-hydrogen) atoms. The smallest absolute Gasteiger partial charge is 0.410 e. The number of anilines is 2. The Kier molecular flexibility index (Phi) is 10.3. The van der Waals surface area contributed by atoms with Crippen molar-refractivity contribution in [3.05, 3.63) is 100 Å². The van der Waals surface area contributed by atoms with E-state index in [1.807, 2.05) is 55.5 Å². The van der Waals surface area contributed by atoms with Gasteiger partial charge < -0.3 is 24.6 Å². The Morgan fingerprint density at radius 2 is 1.63 bits per heavy atom. The van der Waals surface area contributed by atoms with E-state index in [2.05, 4.69) is 21.2 Å². The van der Waals surface area contributed by atoms with E-state index in [0.717, 1.165) is 26.4 Å². The number of carbonyl (C=O) groups is 4. The summed E-state index contributed by atoms with van der Waals surface area (Å²) in [4.78, 5) is 59.8. The highest BCUT2D eigenvalue weighted by atomic mass is 79.9. The maximum absolute atomic E-state index is 14.7. The van der Waals surface area contributed by atoms with Crippen molar-refractivity contribution >= 4 is 61.9 Å². The zero-order valence-corrected chi connectivity index (χ0v) is 30.3. The lowest BCUT2D eigenvalue weighted by Gasteiger charge is -2.30. The van der Waals surface area contributed by atoms with E-state index in [9.17, 15) is 19.2 Å². The Hall–Kier alpha value is -4.90. The third-order valence-electron chi connectivity index (χ3n) is 8.51. The summed E-state index contributed by atoms with van der Waals surface area (Å²) in [6.45, 7) is 8.65. The summed E-state index contributed by atoms with van der Waals surface area (Å²) in [6.07, 6.45) is -0.679. The number of halogens is 1. The average Bonchev–Trinajstić information content (AvgIpc) is 3.17. The standard InChI is InChI=1S/C38H41BrN4O6/c1-23-15-17-25(18-16-23)35(45)43-22-30(40-34(44)24(2)41(6)37(47)49-38(3,4)5)36(46)42(31-13-8-9-14-32(31)43)21-28-26-11-10-12-29(39)27(26)19-20-33(28)48-7/h8-20,24,30H,21-22H2,1-7H3,(H,40,44)/t24-,30-/m0/s1. The summed E-state index contributed by atoms with van der Waals surface area (Å²) < 4.78 is 12.1. The highest BCUT2D eigenvalue weighted by Crippen LogP contribution is 2.38. The third-order valence-corrected chi connectivity index (χ3v) is 9.20. The van der Waals surface area contributed by atoms with Crippen LogP contribution < -0.4 is 19.9 Å². The van der Waals surface area contributed by atoms with Crippen molar-refractivity contribution in [3.63, 3.8) is 0 Å². The molecule has 0 fully saturated rings. The van der Waals surface area contributed by atoms with E-state index >= 15 is 0 Å². The average molecular weight is 730 g/mol. The van der Waals surface area contributed by atoms with E-state index < -0.39 is 35.6 Å². The van der Waals surface area contributed by atoms with Gasteiger partial charge in [0.05, 0.1) is 31.6 Å². The molecule has 256 valence electrons. The first kappa shape index (κ1) is 35.4. The van der Waals surface area contributed by atoms with E-state index in [0.29, 0.717) is 22.7 Å². The molecule has 4 aromatic carbocycles. The van der Waals surface area contributed by atoms with Gasteiger partial charge in [-0.25, -0.2) is 4.79 Å². The van der Waals surface area contributed by atoms with Crippen LogP contribution in [-0.2, 0) is 20.9 Å². The fraction of sp³-hybridized carbons (Fsp3) is 0.316. The summed E-state index contributed by atoms with van der Waals surface area (Å²) in [7, 11) is 3.04. The monoisotopic (exact) mass is 728 g/mol. The van der Waals surface area contributed by atoms with E-state index in [-0.39, 0.29) is 19.0 Å². The van der Waals surface area contributed by atoms with Gasteiger partial charge in [0.15, 0.2) is 0 Å². The highest BCUT2D eigenvalue weighted by molar-refractivity contribution is 9.10. The minimum Gasteiger partial charge on any atom is -0.496 e. The lowest BCUT2D eigenvalue weighted by atomic mass is 10.0. The number of nitrogens with zero attached hydrogens (tertiary/aromatic N) is 3. The normalized spacial score (nSPS) is 15.3. The maximum atomic E-state index is 14.7. The van der Waals surface area contributed by atoms with Crippen LogP contribution in [0.4, 0.5) is 16.2 Å². The topological polar surface area (TPSA) is 108 Å². The van der Waals surface area contributed by atoms with Crippen LogP contribution in [0.5, 0.6) is 5.75 Å². The summed E-state index contributed by atoms with van der Waals surface area (Å²) >= 11 is 3.64. The molecule has 0 radical (unpaired) electrons. The minimum atomic E-state index is -1.17. The van der Waals surface area contributed by atoms with Gasteiger partial charge >= 0.3 is 6.09 Å². The van der Waals surface area contributed by atoms with Crippen LogP contribution in [0.3, 0.4) is 0 Å². The van der Waals surface area contributed by atoms with Crippen molar-refractivity contribution in [3.8, 4) is 5.75 Å². The number of hydrogen-bond acceptors (Lipinski definition) is 6. The molecule has 4 amide bonds. The predicted octanol–water partition coefficient (Wildman–Crippen LogP) is 6.85. The maximum Gasteiger partial charge on any atom is 0.410 e. The largest absolute Gasteiger partial charge is 0.496 e. The van der Waals surface area contributed by atoms with Crippen molar-refractivity contribution in [2.24, 2.45) is 0 Å². The van der Waals surface area contributed by atoms with E-state index in [1.54, 1.807) is 70.0 Å². The first-order valence-electron chi connectivity index (χ1n) is 16.0. The van der Waals surface area contributed by atoms with Crippen molar-refractivity contribution in [2.45, 2.75) is 58.8 Å². The number of amides is 4. The molecule has 0 aromatic heterocycles. The van der Waals surface area contributed by atoms with Gasteiger partial charge in [-0.15, -0.1) is 0 Å². The number of benzene rings is 4. The Morgan fingerprint density at radius 1 is 0.959 bits per heavy atom. The van der Waals surface area contributed by atoms with Gasteiger partial charge in [0, 0.05) is 22.6 Å². The van der Waals surface area contributed by atoms with Gasteiger partial charge in [-0.2, -0.15) is 0 Å². The molecule has 1 aliphatic rings. The first-order valence-corrected chi connectivity index (χ1v) is 16.8. The molecule has 0 saturated heterocycles. The number of nitrogens with one attached hydrogen (secondary N) is 1. The number of methoxy groups -OCH3 is 1. The number of aryl methyl sites for hydroxylation is 1. The second kappa shape index (κ2) is 14.3. The van der Waals surface area contributed by atoms with Crippen molar-refractivity contribution < 1.29 is 28.7 Å². The van der Waals surface area contributed by atoms with Gasteiger partial charge in [-0.3, -0.25) is 19.3 Å². The molecule has 10 nitrogen and oxygen atoms in total. The van der Waals surface area contributed by atoms with Crippen LogP contribution in [-0.4, -0.2) is 67.1 Å². The van der Waals surface area contributed by atoms with Crippen LogP contribution in [0.2, 0.25) is 0 Å². The molecule has 1 N–H and O–H groups in total. The number of rotatable bonds is 7. The first-order chi connectivity index (χ1) is 23.2. The molecule has 0 aliphatic carbocycles. The zero-order valence-electron chi connectivity index (χ0n) is 28.7. The Bertz CT molecular complexity index is 1910. The van der Waals surface area contributed by atoms with Gasteiger partial charge in [-0.05, 0) is 87.9 Å². The lowest BCUT2D eigenvalue weighted by Crippen LogP contribution is -2.57. The second-order valence-corrected chi connectivity index (χ2v) is 14.0. The highest BCUT2D eigenvalue weighted by Gasteiger charge is 2.39. The van der Waals surface area contributed by atoms with Crippen LogP contribution in [0, 0.1) is 6.92 Å². The minimum absolute atomic E-state index is 0.0825. The number of ether oxygens (including phenoxy) is 2. The van der Waals surface area contributed by atoms with Crippen LogP contribution in [0.1, 0.15) is 49.2 Å². The Morgan fingerprint density at radius 3 is 2.29 bits per heavy atom. The molecule has 0 spiro atoms. The number of hydrogen-bond donors (Lipinski definition) is 1. The summed E-state index contributed by atoms with van der Waals surface area (Å²) in [5.74, 6) is -0.749.